The molecule has 0 fully saturated rings. The second-order valence-corrected chi connectivity index (χ2v) is 4.44. The lowest BCUT2D eigenvalue weighted by molar-refractivity contribution is 0.0753. The standard InChI is InChI=1S/C14H19ClO3/c1-3-4-5-8-18-10-13(16)11-6-7-14(17-2)12(15)9-11/h6-7,9H,3-5,8,10H2,1-2H3. The van der Waals surface area contributed by atoms with E-state index in [-0.39, 0.29) is 12.4 Å². The van der Waals surface area contributed by atoms with Crippen molar-refractivity contribution in [3.8, 4) is 5.75 Å². The van der Waals surface area contributed by atoms with Crippen LogP contribution in [0, 0.1) is 0 Å². The van der Waals surface area contributed by atoms with E-state index in [0.717, 1.165) is 19.3 Å². The number of methoxy groups -OCH3 is 1. The van der Waals surface area contributed by atoms with Crippen molar-refractivity contribution < 1.29 is 14.3 Å². The van der Waals surface area contributed by atoms with Crippen LogP contribution < -0.4 is 4.74 Å². The molecule has 0 aliphatic carbocycles. The molecule has 0 radical (unpaired) electrons. The summed E-state index contributed by atoms with van der Waals surface area (Å²) in [7, 11) is 1.54. The van der Waals surface area contributed by atoms with Gasteiger partial charge in [0.25, 0.3) is 0 Å². The maximum Gasteiger partial charge on any atom is 0.188 e. The Labute approximate surface area is 113 Å². The van der Waals surface area contributed by atoms with Crippen molar-refractivity contribution in [1.29, 1.82) is 0 Å². The number of ketones is 1. The number of carbonyl (C=O) groups is 1. The van der Waals surface area contributed by atoms with E-state index in [0.29, 0.717) is 22.9 Å². The summed E-state index contributed by atoms with van der Waals surface area (Å²) in [6, 6.07) is 4.99. The largest absolute Gasteiger partial charge is 0.495 e. The summed E-state index contributed by atoms with van der Waals surface area (Å²) in [6.07, 6.45) is 3.26. The minimum atomic E-state index is -0.0592. The molecule has 0 atom stereocenters. The van der Waals surface area contributed by atoms with Gasteiger partial charge >= 0.3 is 0 Å². The molecule has 1 rings (SSSR count). The summed E-state index contributed by atoms with van der Waals surface area (Å²) in [5.74, 6) is 0.508. The molecule has 0 aliphatic rings. The Bertz CT molecular complexity index is 391. The molecule has 100 valence electrons. The van der Waals surface area contributed by atoms with Crippen LogP contribution in [-0.4, -0.2) is 26.1 Å². The number of hydrogen-bond donors (Lipinski definition) is 0. The molecule has 0 saturated carbocycles. The molecule has 0 saturated heterocycles. The zero-order valence-electron chi connectivity index (χ0n) is 10.9. The van der Waals surface area contributed by atoms with Crippen LogP contribution in [0.3, 0.4) is 0 Å². The lowest BCUT2D eigenvalue weighted by Gasteiger charge is -2.06. The fourth-order valence-electron chi connectivity index (χ4n) is 1.54. The number of hydrogen-bond acceptors (Lipinski definition) is 3. The molecule has 0 unspecified atom stereocenters. The van der Waals surface area contributed by atoms with E-state index in [1.54, 1.807) is 25.3 Å². The minimum absolute atomic E-state index is 0.0592. The maximum absolute atomic E-state index is 11.8. The second kappa shape index (κ2) is 8.11. The lowest BCUT2D eigenvalue weighted by Crippen LogP contribution is -2.10. The first kappa shape index (κ1) is 15.0. The van der Waals surface area contributed by atoms with Gasteiger partial charge < -0.3 is 9.47 Å². The molecule has 1 aromatic rings. The summed E-state index contributed by atoms with van der Waals surface area (Å²) in [5, 5.41) is 0.439. The molecule has 18 heavy (non-hydrogen) atoms. The van der Waals surface area contributed by atoms with E-state index in [4.69, 9.17) is 21.1 Å². The van der Waals surface area contributed by atoms with Gasteiger partial charge in [0.2, 0.25) is 0 Å². The van der Waals surface area contributed by atoms with Crippen LogP contribution in [-0.2, 0) is 4.74 Å². The Balaban J connectivity index is 2.44. The van der Waals surface area contributed by atoms with Crippen molar-refractivity contribution in [2.24, 2.45) is 0 Å². The minimum Gasteiger partial charge on any atom is -0.495 e. The number of rotatable bonds is 8. The molecule has 0 spiro atoms. The van der Waals surface area contributed by atoms with Crippen LogP contribution >= 0.6 is 11.6 Å². The first-order valence-corrected chi connectivity index (χ1v) is 6.51. The summed E-state index contributed by atoms with van der Waals surface area (Å²) >= 11 is 5.96. The van der Waals surface area contributed by atoms with Crippen LogP contribution in [0.1, 0.15) is 36.5 Å². The van der Waals surface area contributed by atoms with Crippen molar-refractivity contribution in [2.75, 3.05) is 20.3 Å². The molecule has 4 heteroatoms. The number of ether oxygens (including phenoxy) is 2. The Morgan fingerprint density at radius 2 is 2.11 bits per heavy atom. The number of halogens is 1. The van der Waals surface area contributed by atoms with Crippen molar-refractivity contribution in [2.45, 2.75) is 26.2 Å². The SMILES string of the molecule is CCCCCOCC(=O)c1ccc(OC)c(Cl)c1. The lowest BCUT2D eigenvalue weighted by atomic mass is 10.1. The van der Waals surface area contributed by atoms with E-state index in [9.17, 15) is 4.79 Å². The summed E-state index contributed by atoms with van der Waals surface area (Å²) in [5.41, 5.74) is 0.552. The van der Waals surface area contributed by atoms with Crippen molar-refractivity contribution in [1.82, 2.24) is 0 Å². The topological polar surface area (TPSA) is 35.5 Å². The predicted molar refractivity (Wildman–Crippen MR) is 72.7 cm³/mol. The Kier molecular flexibility index (Phi) is 6.76. The van der Waals surface area contributed by atoms with Crippen LogP contribution in [0.4, 0.5) is 0 Å². The molecular formula is C14H19ClO3. The van der Waals surface area contributed by atoms with Crippen LogP contribution in [0.25, 0.3) is 0 Å². The quantitative estimate of drug-likeness (QED) is 0.533. The molecule has 0 aromatic heterocycles. The highest BCUT2D eigenvalue weighted by Gasteiger charge is 2.09. The molecule has 0 N–H and O–H groups in total. The second-order valence-electron chi connectivity index (χ2n) is 4.03. The zero-order chi connectivity index (χ0) is 13.4. The molecule has 0 aliphatic heterocycles. The van der Waals surface area contributed by atoms with E-state index in [1.807, 2.05) is 0 Å². The Morgan fingerprint density at radius 1 is 1.33 bits per heavy atom. The summed E-state index contributed by atoms with van der Waals surface area (Å²) < 4.78 is 10.4. The number of benzene rings is 1. The van der Waals surface area contributed by atoms with Gasteiger partial charge in [0.15, 0.2) is 5.78 Å². The monoisotopic (exact) mass is 270 g/mol. The molecule has 0 bridgehead atoms. The predicted octanol–water partition coefficient (Wildman–Crippen LogP) is 3.74. The van der Waals surface area contributed by atoms with Crippen LogP contribution in [0.15, 0.2) is 18.2 Å². The fraction of sp³-hybridized carbons (Fsp3) is 0.500. The third-order valence-corrected chi connectivity index (χ3v) is 2.89. The van der Waals surface area contributed by atoms with Crippen molar-refractivity contribution in [3.63, 3.8) is 0 Å². The smallest absolute Gasteiger partial charge is 0.188 e. The van der Waals surface area contributed by atoms with E-state index in [2.05, 4.69) is 6.92 Å². The van der Waals surface area contributed by atoms with Gasteiger partial charge in [-0.2, -0.15) is 0 Å². The molecule has 1 aromatic carbocycles. The van der Waals surface area contributed by atoms with Crippen LogP contribution in [0.2, 0.25) is 5.02 Å². The third kappa shape index (κ3) is 4.67. The van der Waals surface area contributed by atoms with E-state index in [1.165, 1.54) is 0 Å². The number of Topliss-reactive ketones (excluding diaryl/α,β-unsaturated/α-hetero) is 1. The molecule has 3 nitrogen and oxygen atoms in total. The third-order valence-electron chi connectivity index (χ3n) is 2.60. The van der Waals surface area contributed by atoms with Crippen LogP contribution in [0.5, 0.6) is 5.75 Å². The number of unbranched alkanes of at least 4 members (excludes halogenated alkanes) is 2. The van der Waals surface area contributed by atoms with Gasteiger partial charge in [-0.1, -0.05) is 31.4 Å². The number of carbonyl (C=O) groups excluding carboxylic acids is 1. The highest BCUT2D eigenvalue weighted by molar-refractivity contribution is 6.32. The highest BCUT2D eigenvalue weighted by atomic mass is 35.5. The van der Waals surface area contributed by atoms with Gasteiger partial charge in [-0.25, -0.2) is 0 Å². The van der Waals surface area contributed by atoms with E-state index < -0.39 is 0 Å². The van der Waals surface area contributed by atoms with Gasteiger partial charge in [-0.15, -0.1) is 0 Å². The van der Waals surface area contributed by atoms with Gasteiger partial charge in [0.1, 0.15) is 12.4 Å². The average molecular weight is 271 g/mol. The van der Waals surface area contributed by atoms with Gasteiger partial charge in [0.05, 0.1) is 12.1 Å². The zero-order valence-corrected chi connectivity index (χ0v) is 11.6. The summed E-state index contributed by atoms with van der Waals surface area (Å²) in [6.45, 7) is 2.86. The Hall–Kier alpha value is -1.06. The van der Waals surface area contributed by atoms with Crippen molar-refractivity contribution in [3.05, 3.63) is 28.8 Å². The molecular weight excluding hydrogens is 252 g/mol. The molecule has 0 amide bonds. The maximum atomic E-state index is 11.8. The fourth-order valence-corrected chi connectivity index (χ4v) is 1.80. The first-order valence-electron chi connectivity index (χ1n) is 6.13. The molecule has 0 heterocycles. The van der Waals surface area contributed by atoms with Crippen molar-refractivity contribution >= 4 is 17.4 Å². The van der Waals surface area contributed by atoms with E-state index >= 15 is 0 Å². The van der Waals surface area contributed by atoms with Gasteiger partial charge in [-0.05, 0) is 24.6 Å². The average Bonchev–Trinajstić information content (AvgIpc) is 2.38. The summed E-state index contributed by atoms with van der Waals surface area (Å²) in [4.78, 5) is 11.8. The highest BCUT2D eigenvalue weighted by Crippen LogP contribution is 2.25. The van der Waals surface area contributed by atoms with Gasteiger partial charge in [0, 0.05) is 12.2 Å². The van der Waals surface area contributed by atoms with Gasteiger partial charge in [-0.3, -0.25) is 4.79 Å². The first-order chi connectivity index (χ1) is 8.69. The Morgan fingerprint density at radius 3 is 2.72 bits per heavy atom. The normalized spacial score (nSPS) is 10.4.